The van der Waals surface area contributed by atoms with Gasteiger partial charge in [0.25, 0.3) is 0 Å². The molecule has 1 rings (SSSR count). The molecule has 0 heterocycles. The number of rotatable bonds is 5. The van der Waals surface area contributed by atoms with Gasteiger partial charge in [-0.2, -0.15) is 5.10 Å². The van der Waals surface area contributed by atoms with Gasteiger partial charge in [-0.05, 0) is 12.1 Å². The smallest absolute Gasteiger partial charge is 0.211 e. The van der Waals surface area contributed by atoms with Crippen molar-refractivity contribution in [2.24, 2.45) is 21.7 Å². The molecule has 0 spiro atoms. The van der Waals surface area contributed by atoms with Crippen LogP contribution in [0.5, 0.6) is 5.75 Å². The Bertz CT molecular complexity index is 386. The van der Waals surface area contributed by atoms with Gasteiger partial charge in [-0.3, -0.25) is 0 Å². The third-order valence-electron chi connectivity index (χ3n) is 1.64. The van der Waals surface area contributed by atoms with E-state index in [0.29, 0.717) is 5.75 Å². The Morgan fingerprint density at radius 1 is 1.38 bits per heavy atom. The van der Waals surface area contributed by atoms with Gasteiger partial charge in [0.15, 0.2) is 0 Å². The molecule has 1 aromatic carbocycles. The predicted molar refractivity (Wildman–Crippen MR) is 62.4 cm³/mol. The second-order valence-corrected chi connectivity index (χ2v) is 2.88. The molecule has 0 saturated heterocycles. The summed E-state index contributed by atoms with van der Waals surface area (Å²) in [5.41, 5.74) is 11.0. The lowest BCUT2D eigenvalue weighted by molar-refractivity contribution is 0.201. The van der Waals surface area contributed by atoms with E-state index in [-0.39, 0.29) is 19.2 Å². The van der Waals surface area contributed by atoms with Crippen LogP contribution in [0.25, 0.3) is 0 Å². The lowest BCUT2D eigenvalue weighted by atomic mass is 10.2. The Balaban J connectivity index is 2.78. The molecule has 0 aliphatic carbocycles. The third kappa shape index (κ3) is 3.97. The van der Waals surface area contributed by atoms with Gasteiger partial charge in [0.2, 0.25) is 5.96 Å². The van der Waals surface area contributed by atoms with Gasteiger partial charge in [-0.15, -0.1) is 5.10 Å². The first-order valence-electron chi connectivity index (χ1n) is 4.68. The van der Waals surface area contributed by atoms with E-state index in [2.05, 4.69) is 10.2 Å². The number of hydrogen-bond acceptors (Lipinski definition) is 4. The summed E-state index contributed by atoms with van der Waals surface area (Å²) in [5, 5.41) is 15.8. The normalized spacial score (nSPS) is 10.3. The molecule has 0 bridgehead atoms. The minimum atomic E-state index is -0.106. The number of hydrogen-bond donors (Lipinski definition) is 3. The number of benzene rings is 1. The van der Waals surface area contributed by atoms with Crippen molar-refractivity contribution in [1.82, 2.24) is 0 Å². The molecule has 0 unspecified atom stereocenters. The summed E-state index contributed by atoms with van der Waals surface area (Å²) in [6, 6.07) is 7.23. The minimum absolute atomic E-state index is 0.0423. The Kier molecular flexibility index (Phi) is 4.81. The number of para-hydroxylation sites is 1. The molecule has 0 aliphatic rings. The van der Waals surface area contributed by atoms with Gasteiger partial charge < -0.3 is 21.3 Å². The predicted octanol–water partition coefficient (Wildman–Crippen LogP) is -0.335. The highest BCUT2D eigenvalue weighted by Gasteiger charge is 1.99. The standard InChI is InChI=1S/C10H14N4O2/c11-10(12)14-13-7-8-3-1-2-4-9(8)16-6-5-15/h1-4,7,15H,5-6H2,(H4,11,12,14). The zero-order valence-electron chi connectivity index (χ0n) is 8.71. The first-order valence-corrected chi connectivity index (χ1v) is 4.68. The molecule has 6 heteroatoms. The van der Waals surface area contributed by atoms with Gasteiger partial charge in [-0.25, -0.2) is 0 Å². The van der Waals surface area contributed by atoms with Crippen molar-refractivity contribution in [2.75, 3.05) is 13.2 Å². The molecule has 6 nitrogen and oxygen atoms in total. The Morgan fingerprint density at radius 3 is 2.81 bits per heavy atom. The maximum atomic E-state index is 8.65. The Labute approximate surface area is 93.2 Å². The average molecular weight is 222 g/mol. The van der Waals surface area contributed by atoms with Crippen molar-refractivity contribution >= 4 is 12.2 Å². The molecule has 86 valence electrons. The first kappa shape index (κ1) is 12.0. The van der Waals surface area contributed by atoms with E-state index in [4.69, 9.17) is 21.3 Å². The first-order chi connectivity index (χ1) is 7.74. The highest BCUT2D eigenvalue weighted by Crippen LogP contribution is 2.15. The summed E-state index contributed by atoms with van der Waals surface area (Å²) in [6.45, 7) is 0.187. The summed E-state index contributed by atoms with van der Waals surface area (Å²) < 4.78 is 5.29. The van der Waals surface area contributed by atoms with Crippen LogP contribution < -0.4 is 16.2 Å². The molecule has 0 aromatic heterocycles. The zero-order valence-corrected chi connectivity index (χ0v) is 8.71. The fourth-order valence-corrected chi connectivity index (χ4v) is 1.03. The maximum Gasteiger partial charge on any atom is 0.211 e. The van der Waals surface area contributed by atoms with Gasteiger partial charge in [0.05, 0.1) is 12.8 Å². The molecular weight excluding hydrogens is 208 g/mol. The number of aliphatic hydroxyl groups is 1. The minimum Gasteiger partial charge on any atom is -0.491 e. The van der Waals surface area contributed by atoms with Crippen LogP contribution in [0.15, 0.2) is 34.5 Å². The van der Waals surface area contributed by atoms with E-state index in [1.807, 2.05) is 12.1 Å². The van der Waals surface area contributed by atoms with E-state index >= 15 is 0 Å². The number of ether oxygens (including phenoxy) is 1. The van der Waals surface area contributed by atoms with Gasteiger partial charge in [0.1, 0.15) is 12.4 Å². The lowest BCUT2D eigenvalue weighted by Crippen LogP contribution is -2.21. The van der Waals surface area contributed by atoms with Crippen molar-refractivity contribution in [1.29, 1.82) is 0 Å². The number of nitrogens with zero attached hydrogens (tertiary/aromatic N) is 2. The van der Waals surface area contributed by atoms with Crippen molar-refractivity contribution in [3.8, 4) is 5.75 Å². The zero-order chi connectivity index (χ0) is 11.8. The topological polar surface area (TPSA) is 106 Å². The number of aliphatic hydroxyl groups excluding tert-OH is 1. The molecule has 5 N–H and O–H groups in total. The SMILES string of the molecule is NC(N)=NN=Cc1ccccc1OCCO. The largest absolute Gasteiger partial charge is 0.491 e. The van der Waals surface area contributed by atoms with E-state index < -0.39 is 0 Å². The fraction of sp³-hybridized carbons (Fsp3) is 0.200. The van der Waals surface area contributed by atoms with E-state index in [9.17, 15) is 0 Å². The highest BCUT2D eigenvalue weighted by molar-refractivity contribution is 5.84. The molecule has 0 aliphatic heterocycles. The quantitative estimate of drug-likeness (QED) is 0.360. The second kappa shape index (κ2) is 6.41. The molecule has 0 atom stereocenters. The van der Waals surface area contributed by atoms with Crippen LogP contribution >= 0.6 is 0 Å². The van der Waals surface area contributed by atoms with Gasteiger partial charge >= 0.3 is 0 Å². The summed E-state index contributed by atoms with van der Waals surface area (Å²) in [4.78, 5) is 0. The molecule has 0 saturated carbocycles. The highest BCUT2D eigenvalue weighted by atomic mass is 16.5. The van der Waals surface area contributed by atoms with Crippen LogP contribution in [0.1, 0.15) is 5.56 Å². The lowest BCUT2D eigenvalue weighted by Gasteiger charge is -2.06. The van der Waals surface area contributed by atoms with Crippen LogP contribution in [-0.4, -0.2) is 30.5 Å². The van der Waals surface area contributed by atoms with Crippen molar-refractivity contribution < 1.29 is 9.84 Å². The van der Waals surface area contributed by atoms with Crippen LogP contribution in [0.4, 0.5) is 0 Å². The summed E-state index contributed by atoms with van der Waals surface area (Å²) in [6.07, 6.45) is 1.48. The fourth-order valence-electron chi connectivity index (χ4n) is 1.03. The van der Waals surface area contributed by atoms with Crippen molar-refractivity contribution in [3.05, 3.63) is 29.8 Å². The molecular formula is C10H14N4O2. The summed E-state index contributed by atoms with van der Waals surface area (Å²) in [7, 11) is 0. The number of nitrogens with two attached hydrogens (primary N) is 2. The number of guanidine groups is 1. The maximum absolute atomic E-state index is 8.65. The van der Waals surface area contributed by atoms with E-state index in [1.54, 1.807) is 12.1 Å². The summed E-state index contributed by atoms with van der Waals surface area (Å²) in [5.74, 6) is 0.510. The molecule has 0 radical (unpaired) electrons. The van der Waals surface area contributed by atoms with Gasteiger partial charge in [-0.1, -0.05) is 12.1 Å². The average Bonchev–Trinajstić information content (AvgIpc) is 2.27. The van der Waals surface area contributed by atoms with Crippen molar-refractivity contribution in [2.45, 2.75) is 0 Å². The molecule has 16 heavy (non-hydrogen) atoms. The van der Waals surface area contributed by atoms with Crippen LogP contribution in [0.2, 0.25) is 0 Å². The van der Waals surface area contributed by atoms with Gasteiger partial charge in [0, 0.05) is 5.56 Å². The molecule has 1 aromatic rings. The molecule has 0 amide bonds. The Morgan fingerprint density at radius 2 is 2.12 bits per heavy atom. The summed E-state index contributed by atoms with van der Waals surface area (Å²) >= 11 is 0. The van der Waals surface area contributed by atoms with Crippen LogP contribution in [0, 0.1) is 0 Å². The second-order valence-electron chi connectivity index (χ2n) is 2.88. The monoisotopic (exact) mass is 222 g/mol. The van der Waals surface area contributed by atoms with Crippen LogP contribution in [0.3, 0.4) is 0 Å². The van der Waals surface area contributed by atoms with Crippen LogP contribution in [-0.2, 0) is 0 Å². The molecule has 0 fully saturated rings. The Hall–Kier alpha value is -2.08. The van der Waals surface area contributed by atoms with E-state index in [1.165, 1.54) is 6.21 Å². The van der Waals surface area contributed by atoms with E-state index in [0.717, 1.165) is 5.56 Å². The van der Waals surface area contributed by atoms with Crippen molar-refractivity contribution in [3.63, 3.8) is 0 Å². The third-order valence-corrected chi connectivity index (χ3v) is 1.64.